The fourth-order valence-corrected chi connectivity index (χ4v) is 5.43. The summed E-state index contributed by atoms with van der Waals surface area (Å²) in [5.74, 6) is 0.978. The largest absolute Gasteiger partial charge is 0.571 e. The molecule has 42 heavy (non-hydrogen) atoms. The van der Waals surface area contributed by atoms with Crippen LogP contribution < -0.4 is 15.4 Å². The van der Waals surface area contributed by atoms with Crippen LogP contribution in [0.25, 0.3) is 0 Å². The Morgan fingerprint density at radius 2 is 2.00 bits per heavy atom. The number of carbonyl (C=O) groups excluding carboxylic acids is 1. The van der Waals surface area contributed by atoms with E-state index in [1.165, 1.54) is 19.2 Å². The Morgan fingerprint density at radius 3 is 2.67 bits per heavy atom. The fourth-order valence-electron chi connectivity index (χ4n) is 5.43. The van der Waals surface area contributed by atoms with Crippen LogP contribution in [0, 0.1) is 5.92 Å². The Bertz CT molecular complexity index is 1250. The number of ether oxygens (including phenoxy) is 2. The zero-order valence-corrected chi connectivity index (χ0v) is 24.2. The maximum absolute atomic E-state index is 13.9. The monoisotopic (exact) mass is 588 g/mol. The number of rotatable bonds is 13. The molecule has 10 heteroatoms. The first-order chi connectivity index (χ1) is 20.1. The summed E-state index contributed by atoms with van der Waals surface area (Å²) in [6.45, 7) is 5.03. The van der Waals surface area contributed by atoms with E-state index in [2.05, 4.69) is 39.8 Å². The minimum absolute atomic E-state index is 0.0424. The highest BCUT2D eigenvalue weighted by Gasteiger charge is 2.52. The number of alkyl halides is 3. The predicted molar refractivity (Wildman–Crippen MR) is 156 cm³/mol. The number of nitrogens with one attached hydrogen (secondary N) is 2. The van der Waals surface area contributed by atoms with Crippen molar-refractivity contribution < 1.29 is 32.5 Å². The topological polar surface area (TPSA) is 86.6 Å². The van der Waals surface area contributed by atoms with Crippen LogP contribution in [0.1, 0.15) is 43.7 Å². The number of phenolic OH excluding ortho intramolecular Hbond substituents is 1. The SMILES string of the molecule is CCC(CCNCC1C=CC=CC1)NC(=O)C1([OH+]c2ccc(C(F)(F)F)cc2)CCN(Cc2ccc(O)c(OC)c2)C1. The van der Waals surface area contributed by atoms with Crippen molar-refractivity contribution in [3.8, 4) is 17.2 Å². The van der Waals surface area contributed by atoms with E-state index in [4.69, 9.17) is 9.47 Å². The lowest BCUT2D eigenvalue weighted by molar-refractivity contribution is -0.161. The van der Waals surface area contributed by atoms with E-state index in [1.807, 2.05) is 6.92 Å². The van der Waals surface area contributed by atoms with Gasteiger partial charge in [-0.2, -0.15) is 13.2 Å². The Balaban J connectivity index is 1.44. The number of methoxy groups -OCH3 is 1. The number of nitrogens with zero attached hydrogens (tertiary/aromatic N) is 1. The van der Waals surface area contributed by atoms with Crippen molar-refractivity contribution in [2.75, 3.05) is 33.3 Å². The summed E-state index contributed by atoms with van der Waals surface area (Å²) in [7, 11) is 1.48. The van der Waals surface area contributed by atoms with Gasteiger partial charge in [0.05, 0.1) is 25.6 Å². The van der Waals surface area contributed by atoms with Gasteiger partial charge in [-0.15, -0.1) is 0 Å². The first-order valence-corrected chi connectivity index (χ1v) is 14.5. The van der Waals surface area contributed by atoms with Gasteiger partial charge in [-0.05, 0) is 61.6 Å². The summed E-state index contributed by atoms with van der Waals surface area (Å²) in [5, 5.41) is 16.6. The van der Waals surface area contributed by atoms with E-state index < -0.39 is 17.3 Å². The molecule has 7 nitrogen and oxygen atoms in total. The molecule has 1 saturated heterocycles. The third kappa shape index (κ3) is 8.29. The number of halogens is 3. The number of hydrogen-bond donors (Lipinski definition) is 3. The maximum atomic E-state index is 13.9. The molecular formula is C32H41F3N3O4+. The van der Waals surface area contributed by atoms with Gasteiger partial charge in [-0.1, -0.05) is 37.3 Å². The van der Waals surface area contributed by atoms with Crippen molar-refractivity contribution in [3.05, 3.63) is 77.9 Å². The molecule has 1 aliphatic carbocycles. The smallest absolute Gasteiger partial charge is 0.416 e. The van der Waals surface area contributed by atoms with Crippen molar-refractivity contribution in [1.82, 2.24) is 15.5 Å². The van der Waals surface area contributed by atoms with Crippen LogP contribution in [0.15, 0.2) is 66.8 Å². The van der Waals surface area contributed by atoms with Crippen molar-refractivity contribution in [3.63, 3.8) is 0 Å². The molecule has 0 bridgehead atoms. The molecule has 2 aliphatic rings. The van der Waals surface area contributed by atoms with Gasteiger partial charge in [0.25, 0.3) is 11.4 Å². The highest BCUT2D eigenvalue weighted by molar-refractivity contribution is 5.86. The van der Waals surface area contributed by atoms with Crippen LogP contribution in [0.2, 0.25) is 0 Å². The fraction of sp³-hybridized carbons (Fsp3) is 0.469. The van der Waals surface area contributed by atoms with Gasteiger partial charge in [-0.25, -0.2) is 0 Å². The summed E-state index contributed by atoms with van der Waals surface area (Å²) < 4.78 is 49.4. The van der Waals surface area contributed by atoms with Gasteiger partial charge in [0.15, 0.2) is 11.5 Å². The molecule has 1 aliphatic heterocycles. The Labute approximate surface area is 245 Å². The first-order valence-electron chi connectivity index (χ1n) is 14.5. The molecule has 1 fully saturated rings. The maximum Gasteiger partial charge on any atom is 0.416 e. The second-order valence-electron chi connectivity index (χ2n) is 11.0. The van der Waals surface area contributed by atoms with E-state index in [1.54, 1.807) is 18.2 Å². The first kappa shape index (κ1) is 31.4. The summed E-state index contributed by atoms with van der Waals surface area (Å²) >= 11 is 0. The van der Waals surface area contributed by atoms with E-state index in [0.29, 0.717) is 43.5 Å². The molecular weight excluding hydrogens is 547 g/mol. The normalized spacial score (nSPS) is 21.3. The number of benzene rings is 2. The summed E-state index contributed by atoms with van der Waals surface area (Å²) in [5.41, 5.74) is -1.01. The van der Waals surface area contributed by atoms with Gasteiger partial charge in [0.1, 0.15) is 0 Å². The van der Waals surface area contributed by atoms with E-state index in [9.17, 15) is 23.1 Å². The minimum atomic E-state index is -4.45. The summed E-state index contributed by atoms with van der Waals surface area (Å²) in [6.07, 6.45) is 6.95. The number of aliphatic hydroxyl groups is 1. The van der Waals surface area contributed by atoms with Crippen LogP contribution in [0.4, 0.5) is 13.2 Å². The lowest BCUT2D eigenvalue weighted by atomic mass is 9.99. The second-order valence-corrected chi connectivity index (χ2v) is 11.0. The van der Waals surface area contributed by atoms with Gasteiger partial charge >= 0.3 is 12.1 Å². The van der Waals surface area contributed by atoms with E-state index in [0.717, 1.165) is 50.0 Å². The number of phenols is 1. The van der Waals surface area contributed by atoms with Crippen LogP contribution in [-0.2, 0) is 17.5 Å². The number of likely N-dealkylation sites (tertiary alicyclic amines) is 1. The van der Waals surface area contributed by atoms with Gasteiger partial charge in [-0.3, -0.25) is 9.69 Å². The highest BCUT2D eigenvalue weighted by Crippen LogP contribution is 2.35. The number of hydrogen-bond acceptors (Lipinski definition) is 5. The van der Waals surface area contributed by atoms with Crippen molar-refractivity contribution in [1.29, 1.82) is 0 Å². The molecule has 2 aromatic carbocycles. The van der Waals surface area contributed by atoms with Gasteiger partial charge < -0.3 is 25.2 Å². The number of allylic oxidation sites excluding steroid dienone is 3. The highest BCUT2D eigenvalue weighted by atomic mass is 19.4. The molecule has 4 rings (SSSR count). The molecule has 0 radical (unpaired) electrons. The van der Waals surface area contributed by atoms with Crippen LogP contribution in [0.3, 0.4) is 0 Å². The molecule has 1 amide bonds. The van der Waals surface area contributed by atoms with Crippen molar-refractivity contribution >= 4 is 5.91 Å². The molecule has 0 spiro atoms. The molecule has 1 heterocycles. The molecule has 2 aromatic rings. The second kappa shape index (κ2) is 14.1. The molecule has 0 saturated carbocycles. The Morgan fingerprint density at radius 1 is 1.21 bits per heavy atom. The predicted octanol–water partition coefficient (Wildman–Crippen LogP) is 5.31. The molecule has 3 atom stereocenters. The number of amides is 1. The van der Waals surface area contributed by atoms with Crippen molar-refractivity contribution in [2.24, 2.45) is 5.92 Å². The van der Waals surface area contributed by atoms with Crippen LogP contribution in [0.5, 0.6) is 17.2 Å². The lowest BCUT2D eigenvalue weighted by Crippen LogP contribution is -2.54. The minimum Gasteiger partial charge on any atom is -0.571 e. The molecule has 3 unspecified atom stereocenters. The summed E-state index contributed by atoms with van der Waals surface area (Å²) in [6, 6.07) is 9.68. The van der Waals surface area contributed by atoms with Gasteiger partial charge in [0.2, 0.25) is 0 Å². The Hall–Kier alpha value is -3.50. The van der Waals surface area contributed by atoms with E-state index in [-0.39, 0.29) is 17.7 Å². The summed E-state index contributed by atoms with van der Waals surface area (Å²) in [4.78, 5) is 16.0. The van der Waals surface area contributed by atoms with Crippen LogP contribution >= 0.6 is 0 Å². The third-order valence-corrected chi connectivity index (χ3v) is 7.91. The number of aromatic hydroxyl groups is 2. The molecule has 0 aromatic heterocycles. The molecule has 4 N–H and O–H groups in total. The van der Waals surface area contributed by atoms with Crippen molar-refractivity contribution in [2.45, 2.75) is 57.0 Å². The zero-order chi connectivity index (χ0) is 30.2. The number of carbonyl (C=O) groups is 1. The quantitative estimate of drug-likeness (QED) is 0.218. The average molecular weight is 589 g/mol. The zero-order valence-electron chi connectivity index (χ0n) is 24.2. The van der Waals surface area contributed by atoms with Crippen LogP contribution in [-0.4, -0.2) is 65.6 Å². The van der Waals surface area contributed by atoms with Gasteiger partial charge in [0, 0.05) is 37.8 Å². The third-order valence-electron chi connectivity index (χ3n) is 7.91. The molecule has 228 valence electrons. The van der Waals surface area contributed by atoms with E-state index >= 15 is 0 Å². The lowest BCUT2D eigenvalue weighted by Gasteiger charge is -2.29. The average Bonchev–Trinajstić information content (AvgIpc) is 3.39. The Kier molecular flexibility index (Phi) is 10.6. The standard InChI is InChI=1S/C32H40F3N3O4/c1-3-26(15-17-36-20-23-7-5-4-6-8-23)37-30(40)31(42-27-12-10-25(11-13-27)32(33,34)35)16-18-38(22-31)21-24-9-14-28(39)29(19-24)41-2/h4-7,9-14,19,23,26,36,39H,3,8,15-18,20-22H2,1-2H3,(H,37,40)/p+1.